The lowest BCUT2D eigenvalue weighted by atomic mass is 10.1. The summed E-state index contributed by atoms with van der Waals surface area (Å²) in [4.78, 5) is 2.37. The van der Waals surface area contributed by atoms with Gasteiger partial charge in [0.1, 0.15) is 0 Å². The third-order valence-electron chi connectivity index (χ3n) is 2.74. The predicted octanol–water partition coefficient (Wildman–Crippen LogP) is 2.49. The smallest absolute Gasteiger partial charge is 0.0801 e. The number of hydrogen-bond acceptors (Lipinski definition) is 3. The van der Waals surface area contributed by atoms with Crippen LogP contribution in [0.15, 0.2) is 18.2 Å². The lowest BCUT2D eigenvalue weighted by Crippen LogP contribution is -2.48. The van der Waals surface area contributed by atoms with Crippen molar-refractivity contribution in [1.29, 1.82) is 0 Å². The first kappa shape index (κ1) is 12.0. The predicted molar refractivity (Wildman–Crippen MR) is 75.8 cm³/mol. The molecular formula is C12H17IN2O. The highest BCUT2D eigenvalue weighted by molar-refractivity contribution is 14.1. The molecule has 0 unspecified atom stereocenters. The van der Waals surface area contributed by atoms with Crippen LogP contribution in [0.3, 0.4) is 0 Å². The number of anilines is 2. The van der Waals surface area contributed by atoms with E-state index in [1.807, 2.05) is 12.1 Å². The summed E-state index contributed by atoms with van der Waals surface area (Å²) < 4.78 is 6.92. The Bertz CT molecular complexity index is 393. The fourth-order valence-electron chi connectivity index (χ4n) is 2.00. The maximum Gasteiger partial charge on any atom is 0.0801 e. The first-order valence-corrected chi connectivity index (χ1v) is 6.50. The highest BCUT2D eigenvalue weighted by Crippen LogP contribution is 2.28. The average Bonchev–Trinajstić information content (AvgIpc) is 2.15. The summed E-state index contributed by atoms with van der Waals surface area (Å²) in [5.41, 5.74) is 7.77. The molecule has 1 fully saturated rings. The van der Waals surface area contributed by atoms with E-state index in [1.54, 1.807) is 0 Å². The van der Waals surface area contributed by atoms with Crippen molar-refractivity contribution in [3.05, 3.63) is 21.8 Å². The van der Waals surface area contributed by atoms with Crippen LogP contribution in [-0.2, 0) is 4.74 Å². The molecule has 0 atom stereocenters. The van der Waals surface area contributed by atoms with Crippen LogP contribution in [0.25, 0.3) is 0 Å². The quantitative estimate of drug-likeness (QED) is 0.634. The largest absolute Gasteiger partial charge is 0.399 e. The number of nitrogen functional groups attached to an aromatic ring is 1. The van der Waals surface area contributed by atoms with Crippen LogP contribution < -0.4 is 10.6 Å². The third kappa shape index (κ3) is 2.60. The summed E-state index contributed by atoms with van der Waals surface area (Å²) in [6, 6.07) is 6.07. The van der Waals surface area contributed by atoms with E-state index >= 15 is 0 Å². The number of nitrogens with zero attached hydrogens (tertiary/aromatic N) is 1. The highest BCUT2D eigenvalue weighted by atomic mass is 127. The first-order valence-electron chi connectivity index (χ1n) is 5.42. The highest BCUT2D eigenvalue weighted by Gasteiger charge is 2.27. The van der Waals surface area contributed by atoms with Gasteiger partial charge in [-0.1, -0.05) is 0 Å². The minimum Gasteiger partial charge on any atom is -0.399 e. The molecule has 2 N–H and O–H groups in total. The van der Waals surface area contributed by atoms with Crippen molar-refractivity contribution in [1.82, 2.24) is 0 Å². The molecule has 3 nitrogen and oxygen atoms in total. The van der Waals surface area contributed by atoms with E-state index in [1.165, 1.54) is 9.26 Å². The monoisotopic (exact) mass is 332 g/mol. The fraction of sp³-hybridized carbons (Fsp3) is 0.500. The van der Waals surface area contributed by atoms with Gasteiger partial charge in [0.15, 0.2) is 0 Å². The first-order chi connectivity index (χ1) is 7.48. The fourth-order valence-corrected chi connectivity index (χ4v) is 2.88. The maximum atomic E-state index is 5.76. The Labute approximate surface area is 110 Å². The van der Waals surface area contributed by atoms with Crippen molar-refractivity contribution in [2.45, 2.75) is 19.4 Å². The number of benzene rings is 1. The van der Waals surface area contributed by atoms with Crippen molar-refractivity contribution < 1.29 is 4.74 Å². The summed E-state index contributed by atoms with van der Waals surface area (Å²) in [6.07, 6.45) is 0. The Balaban J connectivity index is 2.23. The molecule has 0 amide bonds. The molecular weight excluding hydrogens is 315 g/mol. The standard InChI is InChI=1S/C12H17IN2O/c1-12(2)8-15(5-6-16-12)11-4-3-9(14)7-10(11)13/h3-4,7H,5-6,8,14H2,1-2H3. The van der Waals surface area contributed by atoms with E-state index in [0.717, 1.165) is 25.4 Å². The van der Waals surface area contributed by atoms with Gasteiger partial charge in [-0.2, -0.15) is 0 Å². The molecule has 88 valence electrons. The Kier molecular flexibility index (Phi) is 3.30. The summed E-state index contributed by atoms with van der Waals surface area (Å²) in [7, 11) is 0. The van der Waals surface area contributed by atoms with Gasteiger partial charge in [0.25, 0.3) is 0 Å². The van der Waals surface area contributed by atoms with Gasteiger partial charge in [-0.3, -0.25) is 0 Å². The van der Waals surface area contributed by atoms with Crippen LogP contribution in [0.5, 0.6) is 0 Å². The molecule has 1 aliphatic heterocycles. The molecule has 1 aromatic carbocycles. The Hall–Kier alpha value is -0.490. The number of nitrogens with two attached hydrogens (primary N) is 1. The van der Waals surface area contributed by atoms with Gasteiger partial charge in [0.2, 0.25) is 0 Å². The van der Waals surface area contributed by atoms with Crippen LogP contribution >= 0.6 is 22.6 Å². The van der Waals surface area contributed by atoms with Crippen LogP contribution in [-0.4, -0.2) is 25.3 Å². The SMILES string of the molecule is CC1(C)CN(c2ccc(N)cc2I)CCO1. The molecule has 0 spiro atoms. The number of hydrogen-bond donors (Lipinski definition) is 1. The van der Waals surface area contributed by atoms with Crippen LogP contribution in [0.2, 0.25) is 0 Å². The van der Waals surface area contributed by atoms with Crippen molar-refractivity contribution >= 4 is 34.0 Å². The number of halogens is 1. The van der Waals surface area contributed by atoms with Gasteiger partial charge in [0.05, 0.1) is 17.9 Å². The second-order valence-corrected chi connectivity index (χ2v) is 5.90. The Morgan fingerprint density at radius 1 is 1.44 bits per heavy atom. The van der Waals surface area contributed by atoms with Gasteiger partial charge in [-0.15, -0.1) is 0 Å². The second-order valence-electron chi connectivity index (χ2n) is 4.74. The van der Waals surface area contributed by atoms with Crippen LogP contribution in [0.1, 0.15) is 13.8 Å². The number of morpholine rings is 1. The Morgan fingerprint density at radius 3 is 2.81 bits per heavy atom. The molecule has 0 saturated carbocycles. The molecule has 4 heteroatoms. The van der Waals surface area contributed by atoms with Crippen LogP contribution in [0.4, 0.5) is 11.4 Å². The van der Waals surface area contributed by atoms with E-state index in [-0.39, 0.29) is 5.60 Å². The van der Waals surface area contributed by atoms with Crippen molar-refractivity contribution in [2.24, 2.45) is 0 Å². The van der Waals surface area contributed by atoms with Crippen molar-refractivity contribution in [2.75, 3.05) is 30.3 Å². The van der Waals surface area contributed by atoms with Gasteiger partial charge >= 0.3 is 0 Å². The molecule has 2 rings (SSSR count). The summed E-state index contributed by atoms with van der Waals surface area (Å²) in [6.45, 7) is 6.91. The van der Waals surface area contributed by atoms with Gasteiger partial charge in [0, 0.05) is 22.3 Å². The Morgan fingerprint density at radius 2 is 2.19 bits per heavy atom. The molecule has 1 aromatic rings. The molecule has 1 aliphatic rings. The molecule has 0 bridgehead atoms. The number of rotatable bonds is 1. The second kappa shape index (κ2) is 4.41. The zero-order valence-corrected chi connectivity index (χ0v) is 11.8. The summed E-state index contributed by atoms with van der Waals surface area (Å²) in [5.74, 6) is 0. The number of ether oxygens (including phenoxy) is 1. The van der Waals surface area contributed by atoms with Gasteiger partial charge in [-0.05, 0) is 54.6 Å². The molecule has 0 aliphatic carbocycles. The van der Waals surface area contributed by atoms with Crippen molar-refractivity contribution in [3.63, 3.8) is 0 Å². The van der Waals surface area contributed by atoms with E-state index < -0.39 is 0 Å². The summed E-state index contributed by atoms with van der Waals surface area (Å²) >= 11 is 2.34. The average molecular weight is 332 g/mol. The topological polar surface area (TPSA) is 38.5 Å². The normalized spacial score (nSPS) is 19.8. The van der Waals surface area contributed by atoms with Crippen LogP contribution in [0, 0.1) is 3.57 Å². The van der Waals surface area contributed by atoms with Crippen molar-refractivity contribution in [3.8, 4) is 0 Å². The van der Waals surface area contributed by atoms with E-state index in [0.29, 0.717) is 0 Å². The van der Waals surface area contributed by atoms with Gasteiger partial charge in [-0.25, -0.2) is 0 Å². The van der Waals surface area contributed by atoms with Gasteiger partial charge < -0.3 is 15.4 Å². The molecule has 0 radical (unpaired) electrons. The maximum absolute atomic E-state index is 5.76. The molecule has 1 saturated heterocycles. The zero-order chi connectivity index (χ0) is 11.8. The molecule has 0 aromatic heterocycles. The van der Waals surface area contributed by atoms with E-state index in [9.17, 15) is 0 Å². The third-order valence-corrected chi connectivity index (χ3v) is 3.60. The zero-order valence-electron chi connectivity index (χ0n) is 9.66. The minimum absolute atomic E-state index is 0.0667. The van der Waals surface area contributed by atoms with E-state index in [2.05, 4.69) is 47.4 Å². The lowest BCUT2D eigenvalue weighted by molar-refractivity contribution is -0.0277. The molecule has 16 heavy (non-hydrogen) atoms. The lowest BCUT2D eigenvalue weighted by Gasteiger charge is -2.39. The minimum atomic E-state index is -0.0667. The van der Waals surface area contributed by atoms with E-state index in [4.69, 9.17) is 10.5 Å². The molecule has 1 heterocycles. The summed E-state index contributed by atoms with van der Waals surface area (Å²) in [5, 5.41) is 0.